The van der Waals surface area contributed by atoms with Gasteiger partial charge in [0.15, 0.2) is 0 Å². The fourth-order valence-corrected chi connectivity index (χ4v) is 4.24. The number of fused-ring (bicyclic) bond motifs is 3. The van der Waals surface area contributed by atoms with E-state index in [2.05, 4.69) is 17.6 Å². The topological polar surface area (TPSA) is 105 Å². The first-order valence-corrected chi connectivity index (χ1v) is 11.0. The lowest BCUT2D eigenvalue weighted by Gasteiger charge is -2.19. The zero-order valence-electron chi connectivity index (χ0n) is 18.1. The molecule has 2 aromatic carbocycles. The quantitative estimate of drug-likeness (QED) is 0.556. The molecule has 168 valence electrons. The highest BCUT2D eigenvalue weighted by molar-refractivity contribution is 5.89. The molecule has 7 heteroatoms. The van der Waals surface area contributed by atoms with Crippen LogP contribution in [0, 0.1) is 5.41 Å². The predicted molar refractivity (Wildman–Crippen MR) is 119 cm³/mol. The molecule has 0 spiro atoms. The van der Waals surface area contributed by atoms with Crippen molar-refractivity contribution < 1.29 is 24.2 Å². The van der Waals surface area contributed by atoms with Crippen molar-refractivity contribution in [1.82, 2.24) is 10.6 Å². The Morgan fingerprint density at radius 3 is 2.22 bits per heavy atom. The third-order valence-corrected chi connectivity index (χ3v) is 6.46. The van der Waals surface area contributed by atoms with E-state index < -0.39 is 30.4 Å². The Labute approximate surface area is 187 Å². The number of hydrogen-bond acceptors (Lipinski definition) is 4. The SMILES string of the molecule is CC1(CCNC(=O)C(CC(=O)O)NC(=O)OCC2c3ccccc3-c3ccccc32)CC1. The van der Waals surface area contributed by atoms with Crippen LogP contribution in [0.4, 0.5) is 4.79 Å². The van der Waals surface area contributed by atoms with Crippen LogP contribution in [0.2, 0.25) is 0 Å². The van der Waals surface area contributed by atoms with E-state index in [1.165, 1.54) is 0 Å². The largest absolute Gasteiger partial charge is 0.481 e. The minimum atomic E-state index is -1.19. The normalized spacial score (nSPS) is 16.4. The van der Waals surface area contributed by atoms with Crippen LogP contribution in [0.3, 0.4) is 0 Å². The molecule has 0 heterocycles. The van der Waals surface area contributed by atoms with Crippen LogP contribution in [-0.2, 0) is 14.3 Å². The molecular formula is C25H28N2O5. The predicted octanol–water partition coefficient (Wildman–Crippen LogP) is 3.67. The zero-order chi connectivity index (χ0) is 22.7. The van der Waals surface area contributed by atoms with E-state index in [9.17, 15) is 14.4 Å². The van der Waals surface area contributed by atoms with Gasteiger partial charge in [0.1, 0.15) is 12.6 Å². The summed E-state index contributed by atoms with van der Waals surface area (Å²) >= 11 is 0. The fourth-order valence-electron chi connectivity index (χ4n) is 4.24. The van der Waals surface area contributed by atoms with Crippen LogP contribution in [0.1, 0.15) is 49.7 Å². The molecule has 0 saturated heterocycles. The summed E-state index contributed by atoms with van der Waals surface area (Å²) in [5, 5.41) is 14.3. The van der Waals surface area contributed by atoms with Gasteiger partial charge in [-0.25, -0.2) is 4.79 Å². The van der Waals surface area contributed by atoms with Gasteiger partial charge >= 0.3 is 12.1 Å². The number of alkyl carbamates (subject to hydrolysis) is 1. The van der Waals surface area contributed by atoms with Crippen molar-refractivity contribution in [3.63, 3.8) is 0 Å². The standard InChI is InChI=1S/C25H28N2O5/c1-25(10-11-25)12-13-26-23(30)21(14-22(28)29)27-24(31)32-15-20-18-8-4-2-6-16(18)17-7-3-5-9-19(17)20/h2-9,20-21H,10-15H2,1H3,(H,26,30)(H,27,31)(H,28,29). The van der Waals surface area contributed by atoms with Crippen LogP contribution in [-0.4, -0.2) is 42.3 Å². The lowest BCUT2D eigenvalue weighted by Crippen LogP contribution is -2.48. The third-order valence-electron chi connectivity index (χ3n) is 6.46. The zero-order valence-corrected chi connectivity index (χ0v) is 18.1. The number of rotatable bonds is 9. The van der Waals surface area contributed by atoms with Crippen molar-refractivity contribution in [2.75, 3.05) is 13.2 Å². The van der Waals surface area contributed by atoms with Gasteiger partial charge in [0, 0.05) is 12.5 Å². The van der Waals surface area contributed by atoms with Crippen molar-refractivity contribution >= 4 is 18.0 Å². The number of carbonyl (C=O) groups excluding carboxylic acids is 2. The number of amides is 2. The van der Waals surface area contributed by atoms with Crippen LogP contribution in [0.5, 0.6) is 0 Å². The van der Waals surface area contributed by atoms with Crippen molar-refractivity contribution in [3.8, 4) is 11.1 Å². The Balaban J connectivity index is 1.36. The van der Waals surface area contributed by atoms with Gasteiger partial charge in [0.2, 0.25) is 5.91 Å². The van der Waals surface area contributed by atoms with Crippen molar-refractivity contribution in [2.24, 2.45) is 5.41 Å². The smallest absolute Gasteiger partial charge is 0.407 e. The number of nitrogens with one attached hydrogen (secondary N) is 2. The maximum atomic E-state index is 12.5. The molecule has 2 amide bonds. The number of hydrogen-bond donors (Lipinski definition) is 3. The molecule has 0 aromatic heterocycles. The van der Waals surface area contributed by atoms with E-state index in [1.54, 1.807) is 0 Å². The van der Waals surface area contributed by atoms with Crippen molar-refractivity contribution in [2.45, 2.75) is 44.6 Å². The fraction of sp³-hybridized carbons (Fsp3) is 0.400. The van der Waals surface area contributed by atoms with Gasteiger partial charge in [0.25, 0.3) is 0 Å². The van der Waals surface area contributed by atoms with Crippen LogP contribution >= 0.6 is 0 Å². The summed E-state index contributed by atoms with van der Waals surface area (Å²) in [5.41, 5.74) is 4.66. The molecule has 0 aliphatic heterocycles. The first kappa shape index (κ1) is 21.9. The summed E-state index contributed by atoms with van der Waals surface area (Å²) in [5.74, 6) is -1.79. The molecule has 2 aliphatic carbocycles. The molecule has 4 rings (SSSR count). The number of carboxylic acid groups (broad SMARTS) is 1. The van der Waals surface area contributed by atoms with E-state index in [-0.39, 0.29) is 17.9 Å². The second-order valence-electron chi connectivity index (χ2n) is 8.97. The van der Waals surface area contributed by atoms with E-state index >= 15 is 0 Å². The lowest BCUT2D eigenvalue weighted by atomic mass is 9.98. The molecule has 2 aromatic rings. The second kappa shape index (κ2) is 9.02. The number of carbonyl (C=O) groups is 3. The maximum Gasteiger partial charge on any atom is 0.407 e. The average Bonchev–Trinajstić information content (AvgIpc) is 3.41. The van der Waals surface area contributed by atoms with E-state index in [1.807, 2.05) is 48.5 Å². The molecule has 1 saturated carbocycles. The van der Waals surface area contributed by atoms with Crippen molar-refractivity contribution in [1.29, 1.82) is 0 Å². The van der Waals surface area contributed by atoms with Gasteiger partial charge in [-0.2, -0.15) is 0 Å². The van der Waals surface area contributed by atoms with Crippen LogP contribution < -0.4 is 10.6 Å². The van der Waals surface area contributed by atoms with Gasteiger partial charge < -0.3 is 20.5 Å². The Kier molecular flexibility index (Phi) is 6.17. The van der Waals surface area contributed by atoms with Gasteiger partial charge in [-0.05, 0) is 46.9 Å². The molecule has 0 bridgehead atoms. The Morgan fingerprint density at radius 2 is 1.66 bits per heavy atom. The molecule has 3 N–H and O–H groups in total. The molecule has 1 atom stereocenters. The average molecular weight is 437 g/mol. The van der Waals surface area contributed by atoms with E-state index in [4.69, 9.17) is 9.84 Å². The van der Waals surface area contributed by atoms with Gasteiger partial charge in [0.05, 0.1) is 6.42 Å². The van der Waals surface area contributed by atoms with Gasteiger partial charge in [-0.1, -0.05) is 55.5 Å². The Morgan fingerprint density at radius 1 is 1.06 bits per heavy atom. The number of aliphatic carboxylic acids is 1. The summed E-state index contributed by atoms with van der Waals surface area (Å²) in [6.45, 7) is 2.71. The molecule has 32 heavy (non-hydrogen) atoms. The molecule has 1 unspecified atom stereocenters. The minimum Gasteiger partial charge on any atom is -0.481 e. The third kappa shape index (κ3) is 4.93. The number of benzene rings is 2. The molecule has 2 aliphatic rings. The molecule has 7 nitrogen and oxygen atoms in total. The first-order chi connectivity index (χ1) is 15.4. The number of carboxylic acids is 1. The van der Waals surface area contributed by atoms with Crippen LogP contribution in [0.25, 0.3) is 11.1 Å². The van der Waals surface area contributed by atoms with Crippen LogP contribution in [0.15, 0.2) is 48.5 Å². The second-order valence-corrected chi connectivity index (χ2v) is 8.97. The summed E-state index contributed by atoms with van der Waals surface area (Å²) in [6, 6.07) is 14.8. The molecular weight excluding hydrogens is 408 g/mol. The number of ether oxygens (including phenoxy) is 1. The summed E-state index contributed by atoms with van der Waals surface area (Å²) < 4.78 is 5.45. The minimum absolute atomic E-state index is 0.0969. The van der Waals surface area contributed by atoms with E-state index in [0.29, 0.717) is 6.54 Å². The van der Waals surface area contributed by atoms with Gasteiger partial charge in [-0.3, -0.25) is 9.59 Å². The monoisotopic (exact) mass is 436 g/mol. The lowest BCUT2D eigenvalue weighted by molar-refractivity contribution is -0.139. The van der Waals surface area contributed by atoms with Crippen molar-refractivity contribution in [3.05, 3.63) is 59.7 Å². The summed E-state index contributed by atoms with van der Waals surface area (Å²) in [4.78, 5) is 36.1. The first-order valence-electron chi connectivity index (χ1n) is 11.0. The Hall–Kier alpha value is -3.35. The summed E-state index contributed by atoms with van der Waals surface area (Å²) in [6.07, 6.45) is 1.80. The highest BCUT2D eigenvalue weighted by atomic mass is 16.5. The van der Waals surface area contributed by atoms with Gasteiger partial charge in [-0.15, -0.1) is 0 Å². The molecule has 0 radical (unpaired) electrons. The maximum absolute atomic E-state index is 12.5. The highest BCUT2D eigenvalue weighted by Gasteiger charge is 2.36. The Bertz CT molecular complexity index is 985. The molecule has 1 fully saturated rings. The summed E-state index contributed by atoms with van der Waals surface area (Å²) in [7, 11) is 0. The highest BCUT2D eigenvalue weighted by Crippen LogP contribution is 2.47. The van der Waals surface area contributed by atoms with E-state index in [0.717, 1.165) is 41.5 Å².